The number of halogens is 1. The van der Waals surface area contributed by atoms with Crippen LogP contribution in [0.15, 0.2) is 70.9 Å². The van der Waals surface area contributed by atoms with E-state index in [1.807, 2.05) is 72.5 Å². The van der Waals surface area contributed by atoms with E-state index < -0.39 is 0 Å². The molecule has 14 heteroatoms. The summed E-state index contributed by atoms with van der Waals surface area (Å²) in [5, 5.41) is 4.70. The second-order valence-electron chi connectivity index (χ2n) is 11.8. The molecule has 4 heterocycles. The van der Waals surface area contributed by atoms with Crippen LogP contribution in [0.3, 0.4) is 0 Å². The normalized spacial score (nSPS) is 14.4. The summed E-state index contributed by atoms with van der Waals surface area (Å²) >= 11 is 3.17. The molecule has 6 rings (SSSR count). The van der Waals surface area contributed by atoms with E-state index in [-0.39, 0.29) is 23.9 Å². The van der Waals surface area contributed by atoms with Gasteiger partial charge in [0.25, 0.3) is 0 Å². The fourth-order valence-electron chi connectivity index (χ4n) is 5.66. The SMILES string of the molecule is CCC1=C(C)C=NC1.CCc1c(C)cnn1CC(=O)c1ccc(N2CCOCC2)cc1.O=C(CBr)c1ccc(N2CCOCC2)cc1.O=C=O.O=C=O. The summed E-state index contributed by atoms with van der Waals surface area (Å²) in [6.45, 7) is 16.4. The summed E-state index contributed by atoms with van der Waals surface area (Å²) < 4.78 is 12.5. The number of nitrogens with zero attached hydrogens (tertiary/aromatic N) is 5. The number of carbonyl (C=O) groups is 2. The Labute approximate surface area is 319 Å². The van der Waals surface area contributed by atoms with Crippen molar-refractivity contribution < 1.29 is 38.2 Å². The zero-order chi connectivity index (χ0) is 39.0. The quantitative estimate of drug-likeness (QED) is 0.207. The van der Waals surface area contributed by atoms with Crippen LogP contribution in [0.2, 0.25) is 0 Å². The Bertz CT molecular complexity index is 1680. The van der Waals surface area contributed by atoms with Crippen molar-refractivity contribution in [1.29, 1.82) is 0 Å². The summed E-state index contributed by atoms with van der Waals surface area (Å²) in [4.78, 5) is 65.1. The number of rotatable bonds is 9. The lowest BCUT2D eigenvalue weighted by Crippen LogP contribution is -2.36. The lowest BCUT2D eigenvalue weighted by molar-refractivity contribution is -0.193. The summed E-state index contributed by atoms with van der Waals surface area (Å²) in [7, 11) is 0. The molecular weight excluding hydrogens is 746 g/mol. The summed E-state index contributed by atoms with van der Waals surface area (Å²) in [5.41, 5.74) is 8.93. The number of hydrogen-bond acceptors (Lipinski definition) is 12. The van der Waals surface area contributed by atoms with Gasteiger partial charge in [-0.15, -0.1) is 0 Å². The van der Waals surface area contributed by atoms with E-state index in [4.69, 9.17) is 28.7 Å². The standard InChI is InChI=1S/C18H23N3O2.C12H14BrNO2.C7H11N.2CO2/c1-3-17-14(2)12-19-21(17)13-18(22)15-4-6-16(7-5-15)20-8-10-23-11-9-20;13-9-12(15)10-1-3-11(4-2-10)14-5-7-16-8-6-14;1-3-7-5-8-4-6(7)2;2*2-1-3/h4-7,12H,3,8-11,13H2,1-2H3;1-4H,5-9H2;4H,3,5H2,1-2H3;;. The van der Waals surface area contributed by atoms with Gasteiger partial charge in [0.15, 0.2) is 11.6 Å². The molecule has 0 amide bonds. The van der Waals surface area contributed by atoms with Crippen LogP contribution in [-0.4, -0.2) is 104 Å². The average molecular weight is 795 g/mol. The molecule has 0 spiro atoms. The number of hydrogen-bond donors (Lipinski definition) is 0. The van der Waals surface area contributed by atoms with Crippen molar-refractivity contribution in [2.75, 3.05) is 74.3 Å². The molecule has 2 aromatic carbocycles. The topological polar surface area (TPSA) is 158 Å². The van der Waals surface area contributed by atoms with Crippen LogP contribution < -0.4 is 9.80 Å². The van der Waals surface area contributed by atoms with Gasteiger partial charge in [0, 0.05) is 60.6 Å². The molecule has 2 saturated heterocycles. The molecule has 53 heavy (non-hydrogen) atoms. The molecule has 0 saturated carbocycles. The number of anilines is 2. The fourth-order valence-corrected chi connectivity index (χ4v) is 5.99. The monoisotopic (exact) mass is 793 g/mol. The number of alkyl halides is 1. The zero-order valence-corrected chi connectivity index (χ0v) is 32.4. The van der Waals surface area contributed by atoms with Gasteiger partial charge in [-0.3, -0.25) is 19.3 Å². The van der Waals surface area contributed by atoms with E-state index >= 15 is 0 Å². The van der Waals surface area contributed by atoms with Gasteiger partial charge in [0.2, 0.25) is 0 Å². The maximum atomic E-state index is 12.5. The molecule has 0 bridgehead atoms. The number of carbonyl (C=O) groups excluding carboxylic acids is 6. The predicted molar refractivity (Wildman–Crippen MR) is 204 cm³/mol. The number of ketones is 2. The molecule has 1 aromatic heterocycles. The summed E-state index contributed by atoms with van der Waals surface area (Å²) in [5.74, 6) is 0.213. The van der Waals surface area contributed by atoms with E-state index in [9.17, 15) is 9.59 Å². The Morgan fingerprint density at radius 2 is 1.19 bits per heavy atom. The van der Waals surface area contributed by atoms with Crippen LogP contribution >= 0.6 is 15.9 Å². The van der Waals surface area contributed by atoms with Gasteiger partial charge in [-0.2, -0.15) is 24.3 Å². The number of allylic oxidation sites excluding steroid dienone is 1. The van der Waals surface area contributed by atoms with Gasteiger partial charge in [-0.05, 0) is 91.9 Å². The molecule has 284 valence electrons. The highest BCUT2D eigenvalue weighted by Gasteiger charge is 2.15. The minimum absolute atomic E-state index is 0.0938. The van der Waals surface area contributed by atoms with Crippen molar-refractivity contribution in [3.63, 3.8) is 0 Å². The maximum Gasteiger partial charge on any atom is 0.373 e. The fraction of sp³-hybridized carbons (Fsp3) is 0.436. The van der Waals surface area contributed by atoms with Crippen LogP contribution in [-0.2, 0) is 41.6 Å². The predicted octanol–water partition coefficient (Wildman–Crippen LogP) is 5.20. The van der Waals surface area contributed by atoms with Gasteiger partial charge in [-0.25, -0.2) is 0 Å². The molecule has 0 aliphatic carbocycles. The average Bonchev–Trinajstić information content (AvgIpc) is 3.79. The molecule has 0 atom stereocenters. The number of aromatic nitrogens is 2. The molecule has 0 unspecified atom stereocenters. The van der Waals surface area contributed by atoms with Crippen molar-refractivity contribution in [1.82, 2.24) is 9.78 Å². The number of aryl methyl sites for hydroxylation is 1. The molecule has 3 aliphatic rings. The second-order valence-corrected chi connectivity index (χ2v) is 12.4. The van der Waals surface area contributed by atoms with Gasteiger partial charge >= 0.3 is 12.3 Å². The van der Waals surface area contributed by atoms with Crippen LogP contribution in [0.1, 0.15) is 59.2 Å². The third-order valence-electron chi connectivity index (χ3n) is 8.59. The first kappa shape index (κ1) is 44.3. The van der Waals surface area contributed by atoms with Crippen molar-refractivity contribution in [2.24, 2.45) is 4.99 Å². The van der Waals surface area contributed by atoms with E-state index in [1.54, 1.807) is 0 Å². The van der Waals surface area contributed by atoms with E-state index in [0.29, 0.717) is 11.9 Å². The Morgan fingerprint density at radius 1 is 0.736 bits per heavy atom. The van der Waals surface area contributed by atoms with Gasteiger partial charge < -0.3 is 19.3 Å². The number of Topliss-reactive ketones (excluding diaryl/α,β-unsaturated/α-hetero) is 2. The molecule has 13 nitrogen and oxygen atoms in total. The number of benzene rings is 2. The van der Waals surface area contributed by atoms with Gasteiger partial charge in [0.1, 0.15) is 6.54 Å². The highest BCUT2D eigenvalue weighted by Crippen LogP contribution is 2.19. The first-order chi connectivity index (χ1) is 25.7. The van der Waals surface area contributed by atoms with Gasteiger partial charge in [0.05, 0.1) is 44.5 Å². The van der Waals surface area contributed by atoms with Crippen molar-refractivity contribution in [3.8, 4) is 0 Å². The summed E-state index contributed by atoms with van der Waals surface area (Å²) in [6, 6.07) is 15.6. The third kappa shape index (κ3) is 15.0. The molecule has 3 aliphatic heterocycles. The minimum atomic E-state index is 0.0938. The number of aliphatic imine (C=N–C) groups is 1. The van der Waals surface area contributed by atoms with Crippen molar-refractivity contribution in [3.05, 3.63) is 88.3 Å². The maximum absolute atomic E-state index is 12.5. The molecular formula is C39H48BrN5O8. The Kier molecular flexibility index (Phi) is 21.1. The highest BCUT2D eigenvalue weighted by molar-refractivity contribution is 9.09. The lowest BCUT2D eigenvalue weighted by Gasteiger charge is -2.28. The molecule has 3 aromatic rings. The summed E-state index contributed by atoms with van der Waals surface area (Å²) in [6.07, 6.45) is 6.33. The number of morpholine rings is 2. The van der Waals surface area contributed by atoms with E-state index in [0.717, 1.165) is 106 Å². The first-order valence-corrected chi connectivity index (χ1v) is 18.5. The van der Waals surface area contributed by atoms with Crippen LogP contribution in [0.5, 0.6) is 0 Å². The largest absolute Gasteiger partial charge is 0.378 e. The Balaban J connectivity index is 0.000000279. The molecule has 0 radical (unpaired) electrons. The lowest BCUT2D eigenvalue weighted by atomic mass is 10.1. The highest BCUT2D eigenvalue weighted by atomic mass is 79.9. The molecule has 0 N–H and O–H groups in total. The van der Waals surface area contributed by atoms with Crippen molar-refractivity contribution >= 4 is 57.4 Å². The molecule has 2 fully saturated rings. The van der Waals surface area contributed by atoms with Crippen LogP contribution in [0.25, 0.3) is 0 Å². The van der Waals surface area contributed by atoms with E-state index in [2.05, 4.69) is 56.6 Å². The third-order valence-corrected chi connectivity index (χ3v) is 9.10. The van der Waals surface area contributed by atoms with Crippen LogP contribution in [0, 0.1) is 6.92 Å². The second kappa shape index (κ2) is 25.2. The van der Waals surface area contributed by atoms with Crippen molar-refractivity contribution in [2.45, 2.75) is 47.1 Å². The Morgan fingerprint density at radius 3 is 1.55 bits per heavy atom. The smallest absolute Gasteiger partial charge is 0.373 e. The Hall–Kier alpha value is -4.84. The zero-order valence-electron chi connectivity index (χ0n) is 30.8. The number of ether oxygens (including phenoxy) is 2. The first-order valence-electron chi connectivity index (χ1n) is 17.3. The van der Waals surface area contributed by atoms with Crippen LogP contribution in [0.4, 0.5) is 11.4 Å². The minimum Gasteiger partial charge on any atom is -0.378 e. The van der Waals surface area contributed by atoms with Gasteiger partial charge in [-0.1, -0.05) is 29.8 Å². The van der Waals surface area contributed by atoms with E-state index in [1.165, 1.54) is 11.1 Å².